The van der Waals surface area contributed by atoms with Crippen LogP contribution in [-0.2, 0) is 22.8 Å². The Morgan fingerprint density at radius 3 is 2.35 bits per heavy atom. The Labute approximate surface area is 145 Å². The molecule has 2 rings (SSSR count). The third kappa shape index (κ3) is 4.21. The van der Waals surface area contributed by atoms with Gasteiger partial charge in [0, 0.05) is 19.2 Å². The first-order chi connectivity index (χ1) is 12.1. The average Bonchev–Trinajstić information content (AvgIpc) is 2.90. The lowest BCUT2D eigenvalue weighted by atomic mass is 10.0. The van der Waals surface area contributed by atoms with Crippen molar-refractivity contribution in [1.82, 2.24) is 9.78 Å². The van der Waals surface area contributed by atoms with Crippen molar-refractivity contribution in [2.24, 2.45) is 7.05 Å². The largest absolute Gasteiger partial charge is 0.497 e. The molecule has 7 nitrogen and oxygen atoms in total. The Balaban J connectivity index is 2.55. The Bertz CT molecular complexity index is 855. The minimum Gasteiger partial charge on any atom is -0.497 e. The van der Waals surface area contributed by atoms with Crippen LogP contribution in [0, 0.1) is 0 Å². The number of nitrogens with one attached hydrogen (secondary N) is 1. The standard InChI is InChI=1S/C16H14F3N3O4/c1-22-15(20-11(23)7-8-12(24)25)13(14(21-22)16(17,18)19)9-3-5-10(26-2)6-4-9/h3-8H,1-2H3,(H,20,23)(H,24,25)/b8-7+. The van der Waals surface area contributed by atoms with Gasteiger partial charge in [0.25, 0.3) is 0 Å². The number of aromatic nitrogens is 2. The molecule has 1 aromatic carbocycles. The molecule has 138 valence electrons. The highest BCUT2D eigenvalue weighted by atomic mass is 19.4. The van der Waals surface area contributed by atoms with E-state index in [0.717, 1.165) is 4.68 Å². The van der Waals surface area contributed by atoms with Crippen molar-refractivity contribution in [3.63, 3.8) is 0 Å². The third-order valence-electron chi connectivity index (χ3n) is 3.31. The molecule has 0 saturated heterocycles. The molecule has 10 heteroatoms. The van der Waals surface area contributed by atoms with E-state index in [4.69, 9.17) is 9.84 Å². The molecule has 0 aliphatic carbocycles. The van der Waals surface area contributed by atoms with Gasteiger partial charge in [-0.15, -0.1) is 0 Å². The first kappa shape index (κ1) is 19.0. The summed E-state index contributed by atoms with van der Waals surface area (Å²) in [6.07, 6.45) is -3.49. The molecule has 0 aliphatic heterocycles. The predicted molar refractivity (Wildman–Crippen MR) is 85.6 cm³/mol. The maximum Gasteiger partial charge on any atom is 0.435 e. The minimum absolute atomic E-state index is 0.156. The summed E-state index contributed by atoms with van der Waals surface area (Å²) in [5, 5.41) is 14.2. The Kier molecular flexibility index (Phi) is 5.34. The number of aryl methyl sites for hydroxylation is 1. The van der Waals surface area contributed by atoms with Crippen LogP contribution in [0.15, 0.2) is 36.4 Å². The smallest absolute Gasteiger partial charge is 0.435 e. The number of hydrogen-bond acceptors (Lipinski definition) is 4. The summed E-state index contributed by atoms with van der Waals surface area (Å²) >= 11 is 0. The number of carboxylic acids is 1. The summed E-state index contributed by atoms with van der Waals surface area (Å²) in [4.78, 5) is 22.3. The summed E-state index contributed by atoms with van der Waals surface area (Å²) < 4.78 is 45.9. The molecule has 2 N–H and O–H groups in total. The second-order valence-corrected chi connectivity index (χ2v) is 5.08. The van der Waals surface area contributed by atoms with Crippen LogP contribution < -0.4 is 10.1 Å². The average molecular weight is 369 g/mol. The lowest BCUT2D eigenvalue weighted by molar-refractivity contribution is -0.141. The van der Waals surface area contributed by atoms with Crippen molar-refractivity contribution in [2.75, 3.05) is 12.4 Å². The highest BCUT2D eigenvalue weighted by Crippen LogP contribution is 2.41. The number of halogens is 3. The quantitative estimate of drug-likeness (QED) is 0.791. The number of amides is 1. The van der Waals surface area contributed by atoms with Crippen LogP contribution in [0.3, 0.4) is 0 Å². The van der Waals surface area contributed by atoms with Gasteiger partial charge in [0.1, 0.15) is 11.6 Å². The molecular formula is C16H14F3N3O4. The van der Waals surface area contributed by atoms with E-state index in [9.17, 15) is 22.8 Å². The van der Waals surface area contributed by atoms with Crippen LogP contribution in [0.25, 0.3) is 11.1 Å². The Morgan fingerprint density at radius 1 is 1.23 bits per heavy atom. The normalized spacial score (nSPS) is 11.6. The number of carbonyl (C=O) groups is 2. The number of ether oxygens (including phenoxy) is 1. The van der Waals surface area contributed by atoms with Crippen LogP contribution in [0.5, 0.6) is 5.75 Å². The van der Waals surface area contributed by atoms with E-state index >= 15 is 0 Å². The van der Waals surface area contributed by atoms with E-state index in [1.165, 1.54) is 38.4 Å². The number of aliphatic carboxylic acids is 1. The first-order valence-corrected chi connectivity index (χ1v) is 7.14. The number of methoxy groups -OCH3 is 1. The molecule has 1 amide bonds. The van der Waals surface area contributed by atoms with E-state index in [0.29, 0.717) is 17.9 Å². The molecule has 0 saturated carbocycles. The highest BCUT2D eigenvalue weighted by Gasteiger charge is 2.39. The topological polar surface area (TPSA) is 93.5 Å². The maximum absolute atomic E-state index is 13.4. The molecule has 0 radical (unpaired) electrons. The molecule has 2 aromatic rings. The summed E-state index contributed by atoms with van der Waals surface area (Å²) in [7, 11) is 2.65. The predicted octanol–water partition coefficient (Wildman–Crippen LogP) is 2.69. The van der Waals surface area contributed by atoms with Gasteiger partial charge in [-0.2, -0.15) is 18.3 Å². The fourth-order valence-electron chi connectivity index (χ4n) is 2.20. The SMILES string of the molecule is COc1ccc(-c2c(C(F)(F)F)nn(C)c2NC(=O)/C=C/C(=O)O)cc1. The van der Waals surface area contributed by atoms with Crippen LogP contribution in [-0.4, -0.2) is 33.9 Å². The molecular weight excluding hydrogens is 355 g/mol. The highest BCUT2D eigenvalue weighted by molar-refractivity contribution is 6.04. The van der Waals surface area contributed by atoms with E-state index in [2.05, 4.69) is 10.4 Å². The van der Waals surface area contributed by atoms with Crippen molar-refractivity contribution in [2.45, 2.75) is 6.18 Å². The lowest BCUT2D eigenvalue weighted by Crippen LogP contribution is -2.12. The van der Waals surface area contributed by atoms with Crippen LogP contribution in [0.4, 0.5) is 19.0 Å². The zero-order chi connectivity index (χ0) is 19.5. The van der Waals surface area contributed by atoms with Crippen LogP contribution in [0.2, 0.25) is 0 Å². The van der Waals surface area contributed by atoms with E-state index in [1.807, 2.05) is 0 Å². The first-order valence-electron chi connectivity index (χ1n) is 7.14. The number of benzene rings is 1. The van der Waals surface area contributed by atoms with Gasteiger partial charge in [-0.1, -0.05) is 12.1 Å². The number of rotatable bonds is 5. The number of anilines is 1. The molecule has 0 unspecified atom stereocenters. The fourth-order valence-corrected chi connectivity index (χ4v) is 2.20. The molecule has 0 atom stereocenters. The third-order valence-corrected chi connectivity index (χ3v) is 3.31. The number of alkyl halides is 3. The Morgan fingerprint density at radius 2 is 1.85 bits per heavy atom. The number of hydrogen-bond donors (Lipinski definition) is 2. The van der Waals surface area contributed by atoms with Crippen molar-refractivity contribution in [1.29, 1.82) is 0 Å². The zero-order valence-corrected chi connectivity index (χ0v) is 13.7. The summed E-state index contributed by atoms with van der Waals surface area (Å²) in [5.41, 5.74) is -1.36. The summed E-state index contributed by atoms with van der Waals surface area (Å²) in [5.74, 6) is -2.04. The van der Waals surface area contributed by atoms with E-state index in [-0.39, 0.29) is 16.9 Å². The van der Waals surface area contributed by atoms with E-state index < -0.39 is 23.7 Å². The zero-order valence-electron chi connectivity index (χ0n) is 13.7. The number of carbonyl (C=O) groups excluding carboxylic acids is 1. The molecule has 0 aliphatic rings. The monoisotopic (exact) mass is 369 g/mol. The van der Waals surface area contributed by atoms with Crippen LogP contribution in [0.1, 0.15) is 5.69 Å². The van der Waals surface area contributed by atoms with Gasteiger partial charge in [-0.05, 0) is 17.7 Å². The van der Waals surface area contributed by atoms with Crippen molar-refractivity contribution < 1.29 is 32.6 Å². The summed E-state index contributed by atoms with van der Waals surface area (Å²) in [6.45, 7) is 0. The van der Waals surface area contributed by atoms with Crippen molar-refractivity contribution >= 4 is 17.7 Å². The van der Waals surface area contributed by atoms with Gasteiger partial charge in [0.15, 0.2) is 5.69 Å². The second-order valence-electron chi connectivity index (χ2n) is 5.08. The van der Waals surface area contributed by atoms with Gasteiger partial charge >= 0.3 is 12.1 Å². The van der Waals surface area contributed by atoms with Gasteiger partial charge in [-0.3, -0.25) is 9.48 Å². The Hall–Kier alpha value is -3.30. The fraction of sp³-hybridized carbons (Fsp3) is 0.188. The molecule has 1 aromatic heterocycles. The van der Waals surface area contributed by atoms with Crippen molar-refractivity contribution in [3.05, 3.63) is 42.1 Å². The molecule has 0 fully saturated rings. The van der Waals surface area contributed by atoms with Gasteiger partial charge in [0.2, 0.25) is 5.91 Å². The van der Waals surface area contributed by atoms with Crippen LogP contribution >= 0.6 is 0 Å². The van der Waals surface area contributed by atoms with Gasteiger partial charge in [0.05, 0.1) is 12.7 Å². The van der Waals surface area contributed by atoms with Crippen molar-refractivity contribution in [3.8, 4) is 16.9 Å². The molecule has 0 spiro atoms. The lowest BCUT2D eigenvalue weighted by Gasteiger charge is -2.10. The van der Waals surface area contributed by atoms with Gasteiger partial charge < -0.3 is 15.2 Å². The summed E-state index contributed by atoms with van der Waals surface area (Å²) in [6, 6.07) is 5.73. The molecule has 1 heterocycles. The second kappa shape index (κ2) is 7.30. The maximum atomic E-state index is 13.4. The molecule has 26 heavy (non-hydrogen) atoms. The number of nitrogens with zero attached hydrogens (tertiary/aromatic N) is 2. The minimum atomic E-state index is -4.76. The van der Waals surface area contributed by atoms with E-state index in [1.54, 1.807) is 0 Å². The molecule has 0 bridgehead atoms. The van der Waals surface area contributed by atoms with Gasteiger partial charge in [-0.25, -0.2) is 4.79 Å². The number of carboxylic acid groups (broad SMARTS) is 1.